The third kappa shape index (κ3) is 3.55. The van der Waals surface area contributed by atoms with E-state index in [9.17, 15) is 4.79 Å². The van der Waals surface area contributed by atoms with Gasteiger partial charge in [0.1, 0.15) is 0 Å². The SMILES string of the molecule is CC(=O)NCc1cc(Br)cc(C)n1. The number of carbonyl (C=O) groups is 1. The van der Waals surface area contributed by atoms with Crippen LogP contribution in [0.5, 0.6) is 0 Å². The molecule has 1 aromatic rings. The first-order valence-electron chi connectivity index (χ1n) is 3.95. The summed E-state index contributed by atoms with van der Waals surface area (Å²) in [6, 6.07) is 3.82. The fourth-order valence-corrected chi connectivity index (χ4v) is 1.59. The van der Waals surface area contributed by atoms with Crippen LogP contribution in [0.1, 0.15) is 18.3 Å². The molecule has 1 amide bonds. The van der Waals surface area contributed by atoms with Crippen LogP contribution in [0.2, 0.25) is 0 Å². The van der Waals surface area contributed by atoms with Crippen LogP contribution in [0.3, 0.4) is 0 Å². The van der Waals surface area contributed by atoms with Crippen molar-refractivity contribution in [1.29, 1.82) is 0 Å². The first kappa shape index (κ1) is 10.2. The Balaban J connectivity index is 2.71. The number of nitrogens with one attached hydrogen (secondary N) is 1. The first-order chi connectivity index (χ1) is 6.08. The molecular formula is C9H11BrN2O. The molecule has 0 saturated carbocycles. The van der Waals surface area contributed by atoms with Gasteiger partial charge < -0.3 is 5.32 Å². The molecule has 1 aromatic heterocycles. The van der Waals surface area contributed by atoms with Crippen LogP contribution < -0.4 is 5.32 Å². The summed E-state index contributed by atoms with van der Waals surface area (Å²) in [5.41, 5.74) is 1.80. The predicted octanol–water partition coefficient (Wildman–Crippen LogP) is 1.79. The average Bonchev–Trinajstić information content (AvgIpc) is 1.99. The Bertz CT molecular complexity index is 305. The van der Waals surface area contributed by atoms with E-state index >= 15 is 0 Å². The van der Waals surface area contributed by atoms with Gasteiger partial charge in [-0.3, -0.25) is 9.78 Å². The molecule has 0 aliphatic heterocycles. The van der Waals surface area contributed by atoms with Crippen LogP contribution in [0.15, 0.2) is 16.6 Å². The van der Waals surface area contributed by atoms with Crippen LogP contribution in [0.25, 0.3) is 0 Å². The molecule has 0 unspecified atom stereocenters. The average molecular weight is 243 g/mol. The Kier molecular flexibility index (Phi) is 3.42. The van der Waals surface area contributed by atoms with Gasteiger partial charge in [0.25, 0.3) is 0 Å². The van der Waals surface area contributed by atoms with Gasteiger partial charge in [0.2, 0.25) is 5.91 Å². The van der Waals surface area contributed by atoms with Gasteiger partial charge in [-0.2, -0.15) is 0 Å². The molecule has 0 saturated heterocycles. The van der Waals surface area contributed by atoms with E-state index < -0.39 is 0 Å². The third-order valence-corrected chi connectivity index (χ3v) is 1.95. The van der Waals surface area contributed by atoms with Crippen molar-refractivity contribution in [1.82, 2.24) is 10.3 Å². The van der Waals surface area contributed by atoms with E-state index in [-0.39, 0.29) is 5.91 Å². The van der Waals surface area contributed by atoms with Crippen LogP contribution in [-0.4, -0.2) is 10.9 Å². The summed E-state index contributed by atoms with van der Waals surface area (Å²) in [6.07, 6.45) is 0. The zero-order valence-electron chi connectivity index (χ0n) is 7.60. The molecule has 0 fully saturated rings. The van der Waals surface area contributed by atoms with Gasteiger partial charge in [-0.05, 0) is 19.1 Å². The molecule has 3 nitrogen and oxygen atoms in total. The topological polar surface area (TPSA) is 42.0 Å². The first-order valence-corrected chi connectivity index (χ1v) is 4.75. The second-order valence-corrected chi connectivity index (χ2v) is 3.74. The number of nitrogens with zero attached hydrogens (tertiary/aromatic N) is 1. The Morgan fingerprint density at radius 2 is 2.31 bits per heavy atom. The minimum atomic E-state index is -0.0422. The molecule has 1 N–H and O–H groups in total. The fourth-order valence-electron chi connectivity index (χ4n) is 0.997. The number of pyridine rings is 1. The van der Waals surface area contributed by atoms with E-state index in [1.807, 2.05) is 19.1 Å². The normalized spacial score (nSPS) is 9.77. The van der Waals surface area contributed by atoms with Gasteiger partial charge in [0.15, 0.2) is 0 Å². The van der Waals surface area contributed by atoms with Crippen LogP contribution in [0, 0.1) is 6.92 Å². The van der Waals surface area contributed by atoms with Gasteiger partial charge in [-0.25, -0.2) is 0 Å². The summed E-state index contributed by atoms with van der Waals surface area (Å²) in [6.45, 7) is 3.89. The second kappa shape index (κ2) is 4.37. The van der Waals surface area contributed by atoms with Crippen molar-refractivity contribution in [2.45, 2.75) is 20.4 Å². The highest BCUT2D eigenvalue weighted by molar-refractivity contribution is 9.10. The molecule has 0 spiro atoms. The summed E-state index contributed by atoms with van der Waals surface area (Å²) in [5.74, 6) is -0.0422. The number of hydrogen-bond acceptors (Lipinski definition) is 2. The van der Waals surface area contributed by atoms with Crippen LogP contribution >= 0.6 is 15.9 Å². The van der Waals surface area contributed by atoms with E-state index in [2.05, 4.69) is 26.2 Å². The lowest BCUT2D eigenvalue weighted by molar-refractivity contribution is -0.119. The second-order valence-electron chi connectivity index (χ2n) is 2.83. The molecular weight excluding hydrogens is 232 g/mol. The van der Waals surface area contributed by atoms with Gasteiger partial charge in [0, 0.05) is 17.1 Å². The fraction of sp³-hybridized carbons (Fsp3) is 0.333. The maximum atomic E-state index is 10.6. The maximum absolute atomic E-state index is 10.6. The molecule has 1 heterocycles. The molecule has 0 aromatic carbocycles. The number of carbonyl (C=O) groups excluding carboxylic acids is 1. The summed E-state index contributed by atoms with van der Waals surface area (Å²) in [7, 11) is 0. The summed E-state index contributed by atoms with van der Waals surface area (Å²) in [5, 5.41) is 2.69. The van der Waals surface area contributed by atoms with Crippen molar-refractivity contribution in [3.63, 3.8) is 0 Å². The smallest absolute Gasteiger partial charge is 0.217 e. The minimum absolute atomic E-state index is 0.0422. The van der Waals surface area contributed by atoms with Crippen molar-refractivity contribution >= 4 is 21.8 Å². The monoisotopic (exact) mass is 242 g/mol. The third-order valence-electron chi connectivity index (χ3n) is 1.49. The van der Waals surface area contributed by atoms with Crippen molar-refractivity contribution < 1.29 is 4.79 Å². The van der Waals surface area contributed by atoms with Gasteiger partial charge in [0.05, 0.1) is 12.2 Å². The standard InChI is InChI=1S/C9H11BrN2O/c1-6-3-8(10)4-9(12-6)5-11-7(2)13/h3-4H,5H2,1-2H3,(H,11,13). The van der Waals surface area contributed by atoms with Gasteiger partial charge >= 0.3 is 0 Å². The highest BCUT2D eigenvalue weighted by Crippen LogP contribution is 2.11. The van der Waals surface area contributed by atoms with Crippen molar-refractivity contribution in [2.75, 3.05) is 0 Å². The van der Waals surface area contributed by atoms with E-state index in [0.717, 1.165) is 15.9 Å². The number of hydrogen-bond donors (Lipinski definition) is 1. The molecule has 0 aliphatic carbocycles. The molecule has 0 atom stereocenters. The summed E-state index contributed by atoms with van der Waals surface area (Å²) < 4.78 is 0.986. The van der Waals surface area contributed by atoms with E-state index in [0.29, 0.717) is 6.54 Å². The number of amides is 1. The molecule has 0 aliphatic rings. The highest BCUT2D eigenvalue weighted by atomic mass is 79.9. The molecule has 0 bridgehead atoms. The summed E-state index contributed by atoms with van der Waals surface area (Å²) >= 11 is 3.37. The van der Waals surface area contributed by atoms with Crippen molar-refractivity contribution in [3.8, 4) is 0 Å². The number of halogens is 1. The Labute approximate surface area is 85.7 Å². The molecule has 0 radical (unpaired) electrons. The quantitative estimate of drug-likeness (QED) is 0.860. The van der Waals surface area contributed by atoms with Crippen molar-refractivity contribution in [2.24, 2.45) is 0 Å². The molecule has 4 heteroatoms. The van der Waals surface area contributed by atoms with Crippen LogP contribution in [-0.2, 0) is 11.3 Å². The van der Waals surface area contributed by atoms with Crippen LogP contribution in [0.4, 0.5) is 0 Å². The molecule has 1 rings (SSSR count). The Hall–Kier alpha value is -0.900. The largest absolute Gasteiger partial charge is 0.351 e. The minimum Gasteiger partial charge on any atom is -0.351 e. The van der Waals surface area contributed by atoms with E-state index in [1.54, 1.807) is 0 Å². The van der Waals surface area contributed by atoms with E-state index in [1.165, 1.54) is 6.92 Å². The highest BCUT2D eigenvalue weighted by Gasteiger charge is 1.98. The van der Waals surface area contributed by atoms with Gasteiger partial charge in [-0.1, -0.05) is 15.9 Å². The molecule has 70 valence electrons. The summed E-state index contributed by atoms with van der Waals surface area (Å²) in [4.78, 5) is 14.9. The van der Waals surface area contributed by atoms with E-state index in [4.69, 9.17) is 0 Å². The lowest BCUT2D eigenvalue weighted by Gasteiger charge is -2.03. The lowest BCUT2D eigenvalue weighted by Crippen LogP contribution is -2.19. The molecule has 13 heavy (non-hydrogen) atoms. The Morgan fingerprint density at radius 1 is 1.62 bits per heavy atom. The zero-order chi connectivity index (χ0) is 9.84. The maximum Gasteiger partial charge on any atom is 0.217 e. The predicted molar refractivity (Wildman–Crippen MR) is 54.2 cm³/mol. The lowest BCUT2D eigenvalue weighted by atomic mass is 10.3. The van der Waals surface area contributed by atoms with Crippen molar-refractivity contribution in [3.05, 3.63) is 28.0 Å². The number of aromatic nitrogens is 1. The van der Waals surface area contributed by atoms with Gasteiger partial charge in [-0.15, -0.1) is 0 Å². The number of rotatable bonds is 2. The number of aryl methyl sites for hydroxylation is 1. The zero-order valence-corrected chi connectivity index (χ0v) is 9.18. The Morgan fingerprint density at radius 3 is 2.85 bits per heavy atom.